The summed E-state index contributed by atoms with van der Waals surface area (Å²) in [5.74, 6) is -0.285. The molecule has 2 rings (SSSR count). The molecular weight excluding hydrogens is 304 g/mol. The van der Waals surface area contributed by atoms with E-state index in [1.807, 2.05) is 0 Å². The molecule has 122 valence electrons. The number of rotatable bonds is 4. The molecular formula is C15H16N2O6. The van der Waals surface area contributed by atoms with Crippen LogP contribution >= 0.6 is 0 Å². The van der Waals surface area contributed by atoms with Crippen LogP contribution in [0.15, 0.2) is 17.7 Å². The number of amides is 4. The second-order valence-corrected chi connectivity index (χ2v) is 4.63. The molecule has 1 aromatic rings. The SMILES string of the molecule is COc1cc(OC)c(C=C2C(=O)NC(=O)N(C)C2=O)c(OC)c1. The van der Waals surface area contributed by atoms with E-state index in [2.05, 4.69) is 5.32 Å². The molecule has 1 heterocycles. The zero-order valence-electron chi connectivity index (χ0n) is 13.1. The van der Waals surface area contributed by atoms with Gasteiger partial charge in [-0.1, -0.05) is 0 Å². The molecule has 8 heteroatoms. The van der Waals surface area contributed by atoms with Gasteiger partial charge < -0.3 is 14.2 Å². The van der Waals surface area contributed by atoms with Gasteiger partial charge in [-0.25, -0.2) is 4.79 Å². The van der Waals surface area contributed by atoms with Gasteiger partial charge >= 0.3 is 6.03 Å². The Kier molecular flexibility index (Phi) is 4.54. The highest BCUT2D eigenvalue weighted by atomic mass is 16.5. The molecule has 8 nitrogen and oxygen atoms in total. The van der Waals surface area contributed by atoms with E-state index in [0.717, 1.165) is 4.90 Å². The molecule has 0 aliphatic carbocycles. The van der Waals surface area contributed by atoms with E-state index in [1.54, 1.807) is 12.1 Å². The summed E-state index contributed by atoms with van der Waals surface area (Å²) in [6.07, 6.45) is 1.32. The molecule has 0 spiro atoms. The Bertz CT molecular complexity index is 685. The van der Waals surface area contributed by atoms with Gasteiger partial charge in [0.15, 0.2) is 0 Å². The number of barbiturate groups is 1. The Balaban J connectivity index is 2.59. The topological polar surface area (TPSA) is 94.2 Å². The summed E-state index contributed by atoms with van der Waals surface area (Å²) in [5.41, 5.74) is 0.186. The van der Waals surface area contributed by atoms with Gasteiger partial charge in [0, 0.05) is 19.2 Å². The van der Waals surface area contributed by atoms with Gasteiger partial charge in [0.25, 0.3) is 11.8 Å². The third-order valence-electron chi connectivity index (χ3n) is 3.35. The molecule has 1 saturated heterocycles. The lowest BCUT2D eigenvalue weighted by Gasteiger charge is -2.22. The molecule has 0 bridgehead atoms. The first kappa shape index (κ1) is 16.3. The lowest BCUT2D eigenvalue weighted by Crippen LogP contribution is -2.52. The molecule has 1 N–H and O–H groups in total. The fourth-order valence-corrected chi connectivity index (χ4v) is 2.06. The Hall–Kier alpha value is -3.03. The maximum atomic E-state index is 12.1. The first-order valence-corrected chi connectivity index (χ1v) is 6.58. The number of hydrogen-bond acceptors (Lipinski definition) is 6. The van der Waals surface area contributed by atoms with Gasteiger partial charge in [0.2, 0.25) is 0 Å². The predicted octanol–water partition coefficient (Wildman–Crippen LogP) is 0.804. The van der Waals surface area contributed by atoms with Gasteiger partial charge in [-0.05, 0) is 6.08 Å². The number of likely N-dealkylation sites (N-methyl/N-ethyl adjacent to an activating group) is 1. The average Bonchev–Trinajstić information content (AvgIpc) is 2.56. The van der Waals surface area contributed by atoms with E-state index in [9.17, 15) is 14.4 Å². The summed E-state index contributed by atoms with van der Waals surface area (Å²) in [4.78, 5) is 36.3. The van der Waals surface area contributed by atoms with Crippen LogP contribution in [0.25, 0.3) is 6.08 Å². The normalized spacial score (nSPS) is 16.4. The Morgan fingerprint density at radius 2 is 1.57 bits per heavy atom. The molecule has 0 unspecified atom stereocenters. The number of methoxy groups -OCH3 is 3. The minimum absolute atomic E-state index is 0.200. The molecule has 0 atom stereocenters. The number of nitrogens with one attached hydrogen (secondary N) is 1. The number of urea groups is 1. The van der Waals surface area contributed by atoms with Crippen LogP contribution in [0.4, 0.5) is 4.79 Å². The monoisotopic (exact) mass is 320 g/mol. The largest absolute Gasteiger partial charge is 0.496 e. The maximum Gasteiger partial charge on any atom is 0.331 e. The van der Waals surface area contributed by atoms with Crippen molar-refractivity contribution in [2.75, 3.05) is 28.4 Å². The van der Waals surface area contributed by atoms with Crippen molar-refractivity contribution >= 4 is 23.9 Å². The highest BCUT2D eigenvalue weighted by Gasteiger charge is 2.33. The number of imide groups is 2. The summed E-state index contributed by atoms with van der Waals surface area (Å²) in [5, 5.41) is 2.08. The van der Waals surface area contributed by atoms with Crippen LogP contribution in [0.5, 0.6) is 17.2 Å². The van der Waals surface area contributed by atoms with Crippen LogP contribution in [0.1, 0.15) is 5.56 Å². The van der Waals surface area contributed by atoms with Crippen molar-refractivity contribution in [3.05, 3.63) is 23.3 Å². The summed E-state index contributed by atoms with van der Waals surface area (Å²) >= 11 is 0. The molecule has 1 aromatic carbocycles. The van der Waals surface area contributed by atoms with Crippen LogP contribution in [0.2, 0.25) is 0 Å². The van der Waals surface area contributed by atoms with Crippen molar-refractivity contribution in [2.45, 2.75) is 0 Å². The van der Waals surface area contributed by atoms with Crippen LogP contribution in [-0.4, -0.2) is 51.1 Å². The average molecular weight is 320 g/mol. The van der Waals surface area contributed by atoms with E-state index in [1.165, 1.54) is 34.5 Å². The molecule has 4 amide bonds. The van der Waals surface area contributed by atoms with Crippen molar-refractivity contribution in [2.24, 2.45) is 0 Å². The first-order valence-electron chi connectivity index (χ1n) is 6.58. The molecule has 1 aliphatic heterocycles. The molecule has 0 aromatic heterocycles. The quantitative estimate of drug-likeness (QED) is 0.651. The van der Waals surface area contributed by atoms with E-state index < -0.39 is 17.8 Å². The lowest BCUT2D eigenvalue weighted by molar-refractivity contribution is -0.129. The van der Waals surface area contributed by atoms with Crippen molar-refractivity contribution in [1.29, 1.82) is 0 Å². The van der Waals surface area contributed by atoms with E-state index in [0.29, 0.717) is 22.8 Å². The summed E-state index contributed by atoms with van der Waals surface area (Å²) in [6.45, 7) is 0. The summed E-state index contributed by atoms with van der Waals surface area (Å²) in [6, 6.07) is 2.41. The van der Waals surface area contributed by atoms with Gasteiger partial charge in [-0.15, -0.1) is 0 Å². The minimum atomic E-state index is -0.780. The van der Waals surface area contributed by atoms with Crippen molar-refractivity contribution in [1.82, 2.24) is 10.2 Å². The standard InChI is InChI=1S/C15H16N2O6/c1-17-14(19)10(13(18)16-15(17)20)7-9-11(22-3)5-8(21-2)6-12(9)23-4/h5-7H,1-4H3,(H,16,18,20). The van der Waals surface area contributed by atoms with Crippen molar-refractivity contribution in [3.63, 3.8) is 0 Å². The van der Waals surface area contributed by atoms with E-state index in [4.69, 9.17) is 14.2 Å². The predicted molar refractivity (Wildman–Crippen MR) is 80.4 cm³/mol. The summed E-state index contributed by atoms with van der Waals surface area (Å²) < 4.78 is 15.7. The van der Waals surface area contributed by atoms with E-state index in [-0.39, 0.29) is 5.57 Å². The highest BCUT2D eigenvalue weighted by molar-refractivity contribution is 6.31. The van der Waals surface area contributed by atoms with E-state index >= 15 is 0 Å². The second kappa shape index (κ2) is 6.39. The van der Waals surface area contributed by atoms with Gasteiger partial charge in [-0.3, -0.25) is 19.8 Å². The Morgan fingerprint density at radius 3 is 2.04 bits per heavy atom. The van der Waals surface area contributed by atoms with Crippen molar-refractivity contribution in [3.8, 4) is 17.2 Å². The van der Waals surface area contributed by atoms with Gasteiger partial charge in [-0.2, -0.15) is 0 Å². The fourth-order valence-electron chi connectivity index (χ4n) is 2.06. The smallest absolute Gasteiger partial charge is 0.331 e. The summed E-state index contributed by atoms with van der Waals surface area (Å²) in [7, 11) is 5.65. The lowest BCUT2D eigenvalue weighted by atomic mass is 10.1. The number of carbonyl (C=O) groups excluding carboxylic acids is 3. The highest BCUT2D eigenvalue weighted by Crippen LogP contribution is 2.36. The molecule has 1 fully saturated rings. The van der Waals surface area contributed by atoms with Crippen molar-refractivity contribution < 1.29 is 28.6 Å². The first-order chi connectivity index (χ1) is 10.9. The number of ether oxygens (including phenoxy) is 3. The third kappa shape index (κ3) is 2.96. The fraction of sp³-hybridized carbons (Fsp3) is 0.267. The van der Waals surface area contributed by atoms with Gasteiger partial charge in [0.1, 0.15) is 22.8 Å². The maximum absolute atomic E-state index is 12.1. The number of hydrogen-bond donors (Lipinski definition) is 1. The molecule has 0 saturated carbocycles. The number of nitrogens with zero attached hydrogens (tertiary/aromatic N) is 1. The number of carbonyl (C=O) groups is 3. The van der Waals surface area contributed by atoms with Gasteiger partial charge in [0.05, 0.1) is 26.9 Å². The third-order valence-corrected chi connectivity index (χ3v) is 3.35. The molecule has 23 heavy (non-hydrogen) atoms. The minimum Gasteiger partial charge on any atom is -0.496 e. The number of benzene rings is 1. The Morgan fingerprint density at radius 1 is 1.00 bits per heavy atom. The van der Waals surface area contributed by atoms with Crippen LogP contribution < -0.4 is 19.5 Å². The Labute approximate surface area is 132 Å². The molecule has 1 aliphatic rings. The zero-order valence-corrected chi connectivity index (χ0v) is 13.1. The molecule has 0 radical (unpaired) electrons. The van der Waals surface area contributed by atoms with Crippen LogP contribution in [0, 0.1) is 0 Å². The van der Waals surface area contributed by atoms with Crippen LogP contribution in [-0.2, 0) is 9.59 Å². The zero-order chi connectivity index (χ0) is 17.1. The van der Waals surface area contributed by atoms with Crippen LogP contribution in [0.3, 0.4) is 0 Å². The second-order valence-electron chi connectivity index (χ2n) is 4.63.